The van der Waals surface area contributed by atoms with Crippen LogP contribution in [0.3, 0.4) is 0 Å². The molecule has 0 aromatic heterocycles. The summed E-state index contributed by atoms with van der Waals surface area (Å²) in [6.45, 7) is 5.10. The second-order valence-electron chi connectivity index (χ2n) is 3.18. The Morgan fingerprint density at radius 2 is 1.85 bits per heavy atom. The minimum atomic E-state index is -0.947. The molecule has 0 fully saturated rings. The number of aliphatic carboxylic acids is 1. The maximum absolute atomic E-state index is 11.1. The highest BCUT2D eigenvalue weighted by molar-refractivity contribution is 5.73. The van der Waals surface area contributed by atoms with Gasteiger partial charge in [-0.1, -0.05) is 13.8 Å². The molecule has 76 valence electrons. The third kappa shape index (κ3) is 4.50. The molecule has 0 spiro atoms. The van der Waals surface area contributed by atoms with Gasteiger partial charge in [0.05, 0.1) is 11.8 Å². The summed E-state index contributed by atoms with van der Waals surface area (Å²) >= 11 is 0. The van der Waals surface area contributed by atoms with E-state index in [0.29, 0.717) is 6.42 Å². The summed E-state index contributed by atoms with van der Waals surface area (Å²) in [5.41, 5.74) is 0. The lowest BCUT2D eigenvalue weighted by molar-refractivity contribution is -0.153. The van der Waals surface area contributed by atoms with Crippen LogP contribution in [0.2, 0.25) is 0 Å². The Balaban J connectivity index is 3.76. The Labute approximate surface area is 77.9 Å². The van der Waals surface area contributed by atoms with E-state index in [1.54, 1.807) is 6.92 Å². The molecule has 0 rings (SSSR count). The number of rotatable bonds is 5. The monoisotopic (exact) mass is 188 g/mol. The molecule has 2 atom stereocenters. The van der Waals surface area contributed by atoms with Crippen molar-refractivity contribution >= 4 is 11.9 Å². The van der Waals surface area contributed by atoms with Crippen LogP contribution in [0.25, 0.3) is 0 Å². The standard InChI is InChI=1S/C9H16O4/c1-4-6(2)9(12)13-5-7(3)8(10)11/h6-7H,4-5H2,1-3H3,(H,10,11). The van der Waals surface area contributed by atoms with Gasteiger partial charge in [-0.05, 0) is 13.3 Å². The Hall–Kier alpha value is -1.06. The zero-order valence-corrected chi connectivity index (χ0v) is 8.24. The van der Waals surface area contributed by atoms with Crippen LogP contribution in [0.4, 0.5) is 0 Å². The average molecular weight is 188 g/mol. The van der Waals surface area contributed by atoms with Crippen molar-refractivity contribution in [2.24, 2.45) is 11.8 Å². The van der Waals surface area contributed by atoms with Gasteiger partial charge in [-0.3, -0.25) is 9.59 Å². The fourth-order valence-corrected chi connectivity index (χ4v) is 0.587. The molecule has 0 radical (unpaired) electrons. The molecule has 0 aliphatic rings. The molecule has 0 saturated heterocycles. The predicted octanol–water partition coefficient (Wildman–Crippen LogP) is 1.30. The van der Waals surface area contributed by atoms with Crippen molar-refractivity contribution < 1.29 is 19.4 Å². The zero-order valence-electron chi connectivity index (χ0n) is 8.24. The minimum absolute atomic E-state index is 0.0431. The van der Waals surface area contributed by atoms with Crippen molar-refractivity contribution in [2.75, 3.05) is 6.61 Å². The van der Waals surface area contributed by atoms with Gasteiger partial charge in [-0.15, -0.1) is 0 Å². The third-order valence-corrected chi connectivity index (χ3v) is 1.91. The van der Waals surface area contributed by atoms with E-state index in [4.69, 9.17) is 9.84 Å². The van der Waals surface area contributed by atoms with Gasteiger partial charge in [0, 0.05) is 0 Å². The van der Waals surface area contributed by atoms with Crippen molar-refractivity contribution in [3.05, 3.63) is 0 Å². The van der Waals surface area contributed by atoms with Crippen molar-refractivity contribution in [1.82, 2.24) is 0 Å². The van der Waals surface area contributed by atoms with Crippen molar-refractivity contribution in [3.8, 4) is 0 Å². The molecule has 4 heteroatoms. The molecule has 0 amide bonds. The maximum atomic E-state index is 11.1. The number of hydrogen-bond acceptors (Lipinski definition) is 3. The summed E-state index contributed by atoms with van der Waals surface area (Å²) in [6.07, 6.45) is 0.709. The Bertz CT molecular complexity index is 188. The lowest BCUT2D eigenvalue weighted by Crippen LogP contribution is -2.21. The highest BCUT2D eigenvalue weighted by Crippen LogP contribution is 2.05. The minimum Gasteiger partial charge on any atom is -0.481 e. The van der Waals surface area contributed by atoms with Crippen LogP contribution < -0.4 is 0 Å². The zero-order chi connectivity index (χ0) is 10.4. The van der Waals surface area contributed by atoms with E-state index < -0.39 is 11.9 Å². The van der Waals surface area contributed by atoms with Gasteiger partial charge < -0.3 is 9.84 Å². The maximum Gasteiger partial charge on any atom is 0.309 e. The van der Waals surface area contributed by atoms with Crippen molar-refractivity contribution in [3.63, 3.8) is 0 Å². The van der Waals surface area contributed by atoms with E-state index in [1.807, 2.05) is 6.92 Å². The highest BCUT2D eigenvalue weighted by Gasteiger charge is 2.16. The van der Waals surface area contributed by atoms with Gasteiger partial charge in [0.25, 0.3) is 0 Å². The number of esters is 1. The van der Waals surface area contributed by atoms with Crippen LogP contribution in [0, 0.1) is 11.8 Å². The first-order valence-corrected chi connectivity index (χ1v) is 4.38. The van der Waals surface area contributed by atoms with Crippen LogP contribution in [0.1, 0.15) is 27.2 Å². The topological polar surface area (TPSA) is 63.6 Å². The van der Waals surface area contributed by atoms with Crippen molar-refractivity contribution in [2.45, 2.75) is 27.2 Å². The van der Waals surface area contributed by atoms with Crippen molar-refractivity contribution in [1.29, 1.82) is 0 Å². The number of carboxylic acids is 1. The Kier molecular flexibility index (Phi) is 5.11. The molecule has 0 saturated carbocycles. The van der Waals surface area contributed by atoms with Crippen LogP contribution in [-0.2, 0) is 14.3 Å². The van der Waals surface area contributed by atoms with Gasteiger partial charge in [0.1, 0.15) is 6.61 Å². The molecular formula is C9H16O4. The summed E-state index contributed by atoms with van der Waals surface area (Å²) in [5.74, 6) is -2.05. The molecule has 0 aliphatic carbocycles. The number of carbonyl (C=O) groups excluding carboxylic acids is 1. The summed E-state index contributed by atoms with van der Waals surface area (Å²) in [7, 11) is 0. The van der Waals surface area contributed by atoms with Gasteiger partial charge in [0.15, 0.2) is 0 Å². The SMILES string of the molecule is CCC(C)C(=O)OCC(C)C(=O)O. The van der Waals surface area contributed by atoms with Gasteiger partial charge in [-0.2, -0.15) is 0 Å². The molecule has 0 aromatic carbocycles. The smallest absolute Gasteiger partial charge is 0.309 e. The predicted molar refractivity (Wildman–Crippen MR) is 47.2 cm³/mol. The van der Waals surface area contributed by atoms with E-state index >= 15 is 0 Å². The number of carboxylic acid groups (broad SMARTS) is 1. The quantitative estimate of drug-likeness (QED) is 0.660. The first kappa shape index (κ1) is 11.9. The average Bonchev–Trinajstić information content (AvgIpc) is 2.11. The van der Waals surface area contributed by atoms with Gasteiger partial charge >= 0.3 is 11.9 Å². The highest BCUT2D eigenvalue weighted by atomic mass is 16.5. The van der Waals surface area contributed by atoms with E-state index in [0.717, 1.165) is 0 Å². The molecule has 13 heavy (non-hydrogen) atoms. The fourth-order valence-electron chi connectivity index (χ4n) is 0.587. The molecule has 0 aromatic rings. The van der Waals surface area contributed by atoms with Gasteiger partial charge in [-0.25, -0.2) is 0 Å². The summed E-state index contributed by atoms with van der Waals surface area (Å²) in [6, 6.07) is 0. The van der Waals surface area contributed by atoms with Gasteiger partial charge in [0.2, 0.25) is 0 Å². The second-order valence-corrected chi connectivity index (χ2v) is 3.18. The summed E-state index contributed by atoms with van der Waals surface area (Å²) < 4.78 is 4.80. The van der Waals surface area contributed by atoms with E-state index in [2.05, 4.69) is 0 Å². The molecule has 0 aliphatic heterocycles. The number of ether oxygens (including phenoxy) is 1. The largest absolute Gasteiger partial charge is 0.481 e. The van der Waals surface area contributed by atoms with Crippen LogP contribution >= 0.6 is 0 Å². The molecular weight excluding hydrogens is 172 g/mol. The Morgan fingerprint density at radius 3 is 2.23 bits per heavy atom. The molecule has 4 nitrogen and oxygen atoms in total. The first-order chi connectivity index (χ1) is 5.99. The van der Waals surface area contributed by atoms with E-state index in [1.165, 1.54) is 6.92 Å². The molecule has 0 heterocycles. The molecule has 0 bridgehead atoms. The summed E-state index contributed by atoms with van der Waals surface area (Å²) in [5, 5.41) is 8.50. The Morgan fingerprint density at radius 1 is 1.31 bits per heavy atom. The second kappa shape index (κ2) is 5.56. The fraction of sp³-hybridized carbons (Fsp3) is 0.778. The number of carbonyl (C=O) groups is 2. The van der Waals surface area contributed by atoms with Crippen LogP contribution in [0.15, 0.2) is 0 Å². The molecule has 1 N–H and O–H groups in total. The van der Waals surface area contributed by atoms with Crippen LogP contribution in [0.5, 0.6) is 0 Å². The first-order valence-electron chi connectivity index (χ1n) is 4.38. The van der Waals surface area contributed by atoms with E-state index in [9.17, 15) is 9.59 Å². The number of hydrogen-bond donors (Lipinski definition) is 1. The third-order valence-electron chi connectivity index (χ3n) is 1.91. The lowest BCUT2D eigenvalue weighted by Gasteiger charge is -2.10. The molecule has 2 unspecified atom stereocenters. The van der Waals surface area contributed by atoms with Crippen LogP contribution in [-0.4, -0.2) is 23.7 Å². The lowest BCUT2D eigenvalue weighted by atomic mass is 10.1. The summed E-state index contributed by atoms with van der Waals surface area (Å²) in [4.78, 5) is 21.4. The normalized spacial score (nSPS) is 14.7. The van der Waals surface area contributed by atoms with E-state index in [-0.39, 0.29) is 18.5 Å².